The number of rotatable bonds is 2. The molecule has 2 atom stereocenters. The van der Waals surface area contributed by atoms with Gasteiger partial charge in [-0.3, -0.25) is 4.79 Å². The number of halogens is 3. The average molecular weight is 259 g/mol. The molecular weight excluding hydrogens is 247 g/mol. The van der Waals surface area contributed by atoms with Crippen molar-refractivity contribution in [2.45, 2.75) is 24.7 Å². The van der Waals surface area contributed by atoms with Crippen molar-refractivity contribution in [1.29, 1.82) is 0 Å². The molecule has 1 rings (SSSR count). The molecule has 1 aliphatic rings. The molecule has 3 N–H and O–H groups in total. The molecule has 0 aliphatic carbocycles. The summed E-state index contributed by atoms with van der Waals surface area (Å²) in [5, 5.41) is 18.5. The highest BCUT2D eigenvalue weighted by Crippen LogP contribution is 2.13. The molecule has 0 saturated carbocycles. The summed E-state index contributed by atoms with van der Waals surface area (Å²) >= 11 is 0. The van der Waals surface area contributed by atoms with Crippen LogP contribution in [0.3, 0.4) is 0 Å². The van der Waals surface area contributed by atoms with E-state index < -0.39 is 24.2 Å². The number of carboxylic acid groups (broad SMARTS) is 2. The van der Waals surface area contributed by atoms with Crippen LogP contribution >= 0.6 is 0 Å². The normalized spacial score (nSPS) is 23.8. The molecule has 1 heterocycles. The zero-order valence-corrected chi connectivity index (χ0v) is 8.82. The molecule has 0 aromatic heterocycles. The van der Waals surface area contributed by atoms with Crippen molar-refractivity contribution < 1.29 is 37.7 Å². The third-order valence-electron chi connectivity index (χ3n) is 1.96. The Labute approximate surface area is 94.4 Å². The van der Waals surface area contributed by atoms with E-state index in [1.54, 1.807) is 7.11 Å². The van der Waals surface area contributed by atoms with E-state index in [4.69, 9.17) is 19.7 Å². The van der Waals surface area contributed by atoms with Crippen LogP contribution in [-0.4, -0.2) is 54.1 Å². The monoisotopic (exact) mass is 259 g/mol. The van der Waals surface area contributed by atoms with E-state index in [1.807, 2.05) is 0 Å². The molecule has 1 fully saturated rings. The Balaban J connectivity index is 0.000000325. The van der Waals surface area contributed by atoms with Crippen molar-refractivity contribution in [1.82, 2.24) is 5.32 Å². The summed E-state index contributed by atoms with van der Waals surface area (Å²) in [5.41, 5.74) is 0. The fourth-order valence-electron chi connectivity index (χ4n) is 1.07. The highest BCUT2D eigenvalue weighted by molar-refractivity contribution is 5.74. The summed E-state index contributed by atoms with van der Waals surface area (Å²) in [7, 11) is 1.59. The van der Waals surface area contributed by atoms with Crippen LogP contribution in [0.15, 0.2) is 0 Å². The van der Waals surface area contributed by atoms with Crippen LogP contribution in [0.25, 0.3) is 0 Å². The third-order valence-corrected chi connectivity index (χ3v) is 1.96. The van der Waals surface area contributed by atoms with Gasteiger partial charge in [0, 0.05) is 20.1 Å². The van der Waals surface area contributed by atoms with Gasteiger partial charge in [0.1, 0.15) is 6.04 Å². The zero-order valence-electron chi connectivity index (χ0n) is 8.82. The Morgan fingerprint density at radius 2 is 1.82 bits per heavy atom. The van der Waals surface area contributed by atoms with E-state index in [-0.39, 0.29) is 6.10 Å². The number of nitrogens with one attached hydrogen (secondary N) is 1. The largest absolute Gasteiger partial charge is 0.490 e. The predicted octanol–water partition coefficient (Wildman–Crippen LogP) is 0.0812. The molecule has 0 bridgehead atoms. The highest BCUT2D eigenvalue weighted by atomic mass is 19.4. The molecule has 0 aromatic carbocycles. The number of ether oxygens (including phenoxy) is 1. The molecule has 0 radical (unpaired) electrons. The quantitative estimate of drug-likeness (QED) is 0.650. The van der Waals surface area contributed by atoms with E-state index in [0.29, 0.717) is 13.0 Å². The van der Waals surface area contributed by atoms with Gasteiger partial charge in [0.25, 0.3) is 0 Å². The molecule has 0 aromatic rings. The van der Waals surface area contributed by atoms with Crippen molar-refractivity contribution in [3.05, 3.63) is 0 Å². The van der Waals surface area contributed by atoms with Gasteiger partial charge in [-0.05, 0) is 0 Å². The lowest BCUT2D eigenvalue weighted by Gasteiger charge is -2.03. The molecule has 9 heteroatoms. The molecule has 0 unspecified atom stereocenters. The van der Waals surface area contributed by atoms with Gasteiger partial charge < -0.3 is 20.3 Å². The van der Waals surface area contributed by atoms with Gasteiger partial charge in [0.15, 0.2) is 0 Å². The summed E-state index contributed by atoms with van der Waals surface area (Å²) in [6, 6.07) is -0.412. The van der Waals surface area contributed by atoms with Crippen LogP contribution in [0.4, 0.5) is 13.2 Å². The van der Waals surface area contributed by atoms with E-state index in [0.717, 1.165) is 0 Å². The molecule has 1 aliphatic heterocycles. The van der Waals surface area contributed by atoms with Crippen LogP contribution in [0.1, 0.15) is 6.42 Å². The number of methoxy groups -OCH3 is 1. The van der Waals surface area contributed by atoms with Crippen molar-refractivity contribution in [3.63, 3.8) is 0 Å². The standard InChI is InChI=1S/C6H11NO3.C2HF3O2/c1-10-4-2-5(6(8)9)7-3-4;3-2(4,5)1(6)7/h4-5,7H,2-3H2,1H3,(H,8,9);(H,6,7)/t4-,5+;/m1./s1. The predicted molar refractivity (Wildman–Crippen MR) is 48.5 cm³/mol. The zero-order chi connectivity index (χ0) is 13.6. The lowest BCUT2D eigenvalue weighted by atomic mass is 10.2. The van der Waals surface area contributed by atoms with Gasteiger partial charge in [-0.2, -0.15) is 13.2 Å². The maximum Gasteiger partial charge on any atom is 0.490 e. The fraction of sp³-hybridized carbons (Fsp3) is 0.750. The number of alkyl halides is 3. The van der Waals surface area contributed by atoms with E-state index in [2.05, 4.69) is 5.32 Å². The maximum atomic E-state index is 10.6. The third kappa shape index (κ3) is 6.07. The first-order chi connectivity index (χ1) is 7.68. The smallest absolute Gasteiger partial charge is 0.480 e. The lowest BCUT2D eigenvalue weighted by molar-refractivity contribution is -0.192. The van der Waals surface area contributed by atoms with Crippen LogP contribution in [0.5, 0.6) is 0 Å². The number of aliphatic carboxylic acids is 2. The van der Waals surface area contributed by atoms with E-state index in [1.165, 1.54) is 0 Å². The highest BCUT2D eigenvalue weighted by Gasteiger charge is 2.38. The molecule has 1 saturated heterocycles. The number of hydrogen-bond donors (Lipinski definition) is 3. The van der Waals surface area contributed by atoms with E-state index in [9.17, 15) is 18.0 Å². The van der Waals surface area contributed by atoms with Crippen molar-refractivity contribution >= 4 is 11.9 Å². The minimum absolute atomic E-state index is 0.0705. The van der Waals surface area contributed by atoms with Crippen LogP contribution in [0, 0.1) is 0 Å². The molecule has 17 heavy (non-hydrogen) atoms. The van der Waals surface area contributed by atoms with Crippen molar-refractivity contribution in [2.24, 2.45) is 0 Å². The SMILES string of the molecule is CO[C@H]1CN[C@H](C(=O)O)C1.O=C(O)C(F)(F)F. The Bertz CT molecular complexity index is 281. The molecule has 100 valence electrons. The minimum Gasteiger partial charge on any atom is -0.480 e. The average Bonchev–Trinajstić information content (AvgIpc) is 2.65. The molecule has 0 spiro atoms. The first-order valence-corrected chi connectivity index (χ1v) is 4.47. The molecule has 0 amide bonds. The van der Waals surface area contributed by atoms with Crippen molar-refractivity contribution in [2.75, 3.05) is 13.7 Å². The maximum absolute atomic E-state index is 10.6. The summed E-state index contributed by atoms with van der Waals surface area (Å²) in [4.78, 5) is 19.2. The second kappa shape index (κ2) is 6.40. The van der Waals surface area contributed by atoms with E-state index >= 15 is 0 Å². The molecular formula is C8H12F3NO5. The molecule has 6 nitrogen and oxygen atoms in total. The number of carbonyl (C=O) groups is 2. The summed E-state index contributed by atoms with van der Waals surface area (Å²) in [6.45, 7) is 0.646. The first-order valence-electron chi connectivity index (χ1n) is 4.47. The van der Waals surface area contributed by atoms with Gasteiger partial charge in [0.2, 0.25) is 0 Å². The lowest BCUT2D eigenvalue weighted by Crippen LogP contribution is -2.29. The Kier molecular flexibility index (Phi) is 5.89. The summed E-state index contributed by atoms with van der Waals surface area (Å²) < 4.78 is 36.7. The van der Waals surface area contributed by atoms with Gasteiger partial charge in [-0.25, -0.2) is 4.79 Å². The topological polar surface area (TPSA) is 95.9 Å². The number of hydrogen-bond acceptors (Lipinski definition) is 4. The second-order valence-electron chi connectivity index (χ2n) is 3.20. The van der Waals surface area contributed by atoms with Gasteiger partial charge in [0.05, 0.1) is 6.10 Å². The van der Waals surface area contributed by atoms with Gasteiger partial charge >= 0.3 is 18.1 Å². The minimum atomic E-state index is -5.08. The fourth-order valence-corrected chi connectivity index (χ4v) is 1.07. The first kappa shape index (κ1) is 15.7. The number of carboxylic acids is 2. The summed E-state index contributed by atoms with van der Waals surface area (Å²) in [5.74, 6) is -3.55. The van der Waals surface area contributed by atoms with Gasteiger partial charge in [-0.1, -0.05) is 0 Å². The summed E-state index contributed by atoms with van der Waals surface area (Å²) in [6.07, 6.45) is -4.44. The van der Waals surface area contributed by atoms with Crippen molar-refractivity contribution in [3.8, 4) is 0 Å². The van der Waals surface area contributed by atoms with Gasteiger partial charge in [-0.15, -0.1) is 0 Å². The van der Waals surface area contributed by atoms with Crippen LogP contribution in [0.2, 0.25) is 0 Å². The van der Waals surface area contributed by atoms with Crippen LogP contribution in [-0.2, 0) is 14.3 Å². The van der Waals surface area contributed by atoms with Crippen LogP contribution < -0.4 is 5.32 Å². The Morgan fingerprint density at radius 3 is 2.00 bits per heavy atom. The second-order valence-corrected chi connectivity index (χ2v) is 3.20. The Hall–Kier alpha value is -1.35. The Morgan fingerprint density at radius 1 is 1.35 bits per heavy atom.